The molecule has 0 spiro atoms. The molecule has 3 aromatic rings. The molecule has 0 radical (unpaired) electrons. The summed E-state index contributed by atoms with van der Waals surface area (Å²) in [7, 11) is 0. The summed E-state index contributed by atoms with van der Waals surface area (Å²) in [4.78, 5) is 19.5. The lowest BCUT2D eigenvalue weighted by atomic mass is 9.53. The molecule has 1 atom stereocenters. The third kappa shape index (κ3) is 3.05. The summed E-state index contributed by atoms with van der Waals surface area (Å²) in [6, 6.07) is 11.9. The number of nitro groups is 1. The van der Waals surface area contributed by atoms with Gasteiger partial charge in [-0.25, -0.2) is 9.83 Å². The first-order valence-electron chi connectivity index (χ1n) is 12.5. The molecule has 1 unspecified atom stereocenters. The molecule has 36 heavy (non-hydrogen) atoms. The fourth-order valence-electron chi connectivity index (χ4n) is 7.87. The third-order valence-corrected chi connectivity index (χ3v) is 8.88. The van der Waals surface area contributed by atoms with Crippen LogP contribution in [-0.2, 0) is 5.54 Å². The third-order valence-electron chi connectivity index (χ3n) is 8.88. The van der Waals surface area contributed by atoms with Gasteiger partial charge in [-0.3, -0.25) is 15.5 Å². The van der Waals surface area contributed by atoms with Crippen LogP contribution >= 0.6 is 0 Å². The van der Waals surface area contributed by atoms with Gasteiger partial charge in [0, 0.05) is 29.2 Å². The SMILES string of the molecule is [C-]#[N+]c1ccc2c(c1)Oc1ncn(C34CC5CC(CC(C5)C3)C4)c(=N)c1C2c1cccc([N+](=O)[O-])c1. The van der Waals surface area contributed by atoms with E-state index in [4.69, 9.17) is 16.3 Å². The first kappa shape index (κ1) is 21.3. The molecule has 8 heteroatoms. The average molecular weight is 480 g/mol. The van der Waals surface area contributed by atoms with E-state index < -0.39 is 10.8 Å². The van der Waals surface area contributed by atoms with E-state index in [9.17, 15) is 15.5 Å². The van der Waals surface area contributed by atoms with Crippen LogP contribution in [0.1, 0.15) is 61.1 Å². The van der Waals surface area contributed by atoms with E-state index in [1.165, 1.54) is 25.3 Å². The Labute approximate surface area is 208 Å². The lowest BCUT2D eigenvalue weighted by Crippen LogP contribution is -2.55. The number of benzene rings is 2. The van der Waals surface area contributed by atoms with Gasteiger partial charge in [0.1, 0.15) is 17.6 Å². The highest BCUT2D eigenvalue weighted by atomic mass is 16.6. The zero-order chi connectivity index (χ0) is 24.6. The summed E-state index contributed by atoms with van der Waals surface area (Å²) in [5, 5.41) is 21.0. The van der Waals surface area contributed by atoms with Crippen molar-refractivity contribution in [1.29, 1.82) is 5.41 Å². The summed E-state index contributed by atoms with van der Waals surface area (Å²) in [6.07, 6.45) is 8.96. The largest absolute Gasteiger partial charge is 0.440 e. The summed E-state index contributed by atoms with van der Waals surface area (Å²) >= 11 is 0. The fourth-order valence-corrected chi connectivity index (χ4v) is 7.87. The molecule has 0 saturated heterocycles. The maximum absolute atomic E-state index is 11.6. The van der Waals surface area contributed by atoms with E-state index >= 15 is 0 Å². The summed E-state index contributed by atoms with van der Waals surface area (Å²) in [5.74, 6) is 2.55. The van der Waals surface area contributed by atoms with Crippen molar-refractivity contribution >= 4 is 11.4 Å². The number of hydrogen-bond donors (Lipinski definition) is 1. The second-order valence-electron chi connectivity index (χ2n) is 11.0. The molecule has 4 fully saturated rings. The number of ether oxygens (including phenoxy) is 1. The van der Waals surface area contributed by atoms with Crippen LogP contribution in [0.25, 0.3) is 4.85 Å². The van der Waals surface area contributed by atoms with Crippen molar-refractivity contribution < 1.29 is 9.66 Å². The average Bonchev–Trinajstić information content (AvgIpc) is 2.86. The van der Waals surface area contributed by atoms with Crippen LogP contribution in [0.2, 0.25) is 0 Å². The minimum atomic E-state index is -0.454. The molecule has 5 aliphatic rings. The van der Waals surface area contributed by atoms with Gasteiger partial charge >= 0.3 is 0 Å². The zero-order valence-electron chi connectivity index (χ0n) is 19.7. The molecule has 8 rings (SSSR count). The molecule has 2 heterocycles. The highest BCUT2D eigenvalue weighted by Gasteiger charge is 2.52. The number of aromatic nitrogens is 2. The van der Waals surface area contributed by atoms with Gasteiger partial charge < -0.3 is 9.30 Å². The van der Waals surface area contributed by atoms with Gasteiger partial charge in [-0.2, -0.15) is 0 Å². The fraction of sp³-hybridized carbons (Fsp3) is 0.393. The van der Waals surface area contributed by atoms with E-state index in [2.05, 4.69) is 9.41 Å². The Hall–Kier alpha value is -3.99. The normalized spacial score (nSPS) is 29.1. The first-order valence-corrected chi connectivity index (χ1v) is 12.5. The molecule has 180 valence electrons. The summed E-state index contributed by atoms with van der Waals surface area (Å²) in [5.41, 5.74) is 2.87. The van der Waals surface area contributed by atoms with Crippen LogP contribution in [-0.4, -0.2) is 14.5 Å². The van der Waals surface area contributed by atoms with Gasteiger partial charge in [-0.1, -0.05) is 24.3 Å². The molecule has 2 aromatic carbocycles. The Balaban J connectivity index is 1.43. The van der Waals surface area contributed by atoms with Crippen LogP contribution in [0.15, 0.2) is 48.8 Å². The van der Waals surface area contributed by atoms with Gasteiger partial charge in [-0.05, 0) is 67.9 Å². The van der Waals surface area contributed by atoms with Crippen LogP contribution in [0, 0.1) is 39.8 Å². The van der Waals surface area contributed by atoms with Gasteiger partial charge in [0.25, 0.3) is 5.69 Å². The van der Waals surface area contributed by atoms with Crippen molar-refractivity contribution in [3.05, 3.63) is 92.5 Å². The molecule has 0 amide bonds. The van der Waals surface area contributed by atoms with Crippen LogP contribution in [0.4, 0.5) is 11.4 Å². The number of rotatable bonds is 3. The topological polar surface area (TPSA) is 98.4 Å². The molecule has 1 aromatic heterocycles. The van der Waals surface area contributed by atoms with Crippen molar-refractivity contribution in [3.8, 4) is 11.6 Å². The zero-order valence-corrected chi connectivity index (χ0v) is 19.7. The molecule has 8 nitrogen and oxygen atoms in total. The van der Waals surface area contributed by atoms with Gasteiger partial charge in [0.05, 0.1) is 17.1 Å². The predicted octanol–water partition coefficient (Wildman–Crippen LogP) is 6.03. The van der Waals surface area contributed by atoms with Crippen LogP contribution in [0.3, 0.4) is 0 Å². The number of non-ortho nitro benzene ring substituents is 1. The quantitative estimate of drug-likeness (QED) is 0.220. The molecule has 1 N–H and O–H groups in total. The predicted molar refractivity (Wildman–Crippen MR) is 131 cm³/mol. The number of nitro benzene ring substituents is 1. The molecule has 1 aliphatic heterocycles. The van der Waals surface area contributed by atoms with Gasteiger partial charge in [0.15, 0.2) is 5.69 Å². The maximum atomic E-state index is 11.6. The molecular formula is C28H25N5O3. The van der Waals surface area contributed by atoms with E-state index in [1.54, 1.807) is 30.6 Å². The van der Waals surface area contributed by atoms with Gasteiger partial charge in [-0.15, -0.1) is 0 Å². The Kier molecular flexibility index (Phi) is 4.44. The highest BCUT2D eigenvalue weighted by Crippen LogP contribution is 2.58. The van der Waals surface area contributed by atoms with Crippen molar-refractivity contribution in [1.82, 2.24) is 9.55 Å². The number of nitrogens with one attached hydrogen (secondary N) is 1. The van der Waals surface area contributed by atoms with Crippen molar-refractivity contribution in [2.24, 2.45) is 17.8 Å². The van der Waals surface area contributed by atoms with Crippen molar-refractivity contribution in [3.63, 3.8) is 0 Å². The maximum Gasteiger partial charge on any atom is 0.269 e. The van der Waals surface area contributed by atoms with E-state index in [1.807, 2.05) is 12.1 Å². The van der Waals surface area contributed by atoms with Gasteiger partial charge in [0.2, 0.25) is 5.88 Å². The lowest BCUT2D eigenvalue weighted by Gasteiger charge is -2.57. The Bertz CT molecular complexity index is 1500. The number of fused-ring (bicyclic) bond motifs is 2. The van der Waals surface area contributed by atoms with Crippen molar-refractivity contribution in [2.45, 2.75) is 50.0 Å². The first-order chi connectivity index (χ1) is 17.4. The monoisotopic (exact) mass is 479 g/mol. The standard InChI is InChI=1S/C28H25N5O3/c1-30-20-5-6-22-23(11-20)36-27-25(24(22)19-3-2-4-21(10-19)33(34)35)26(29)32(15-31-27)28-12-16-7-17(13-28)9-18(8-16)14-28/h2-6,10-11,15-18,24,29H,7-9,12-14H2. The Morgan fingerprint density at radius 2 is 1.83 bits per heavy atom. The molecule has 4 aliphatic carbocycles. The second-order valence-corrected chi connectivity index (χ2v) is 11.0. The van der Waals surface area contributed by atoms with E-state index in [0.29, 0.717) is 33.9 Å². The van der Waals surface area contributed by atoms with E-state index in [0.717, 1.165) is 42.6 Å². The Morgan fingerprint density at radius 3 is 2.50 bits per heavy atom. The summed E-state index contributed by atoms with van der Waals surface area (Å²) < 4.78 is 8.28. The molecule has 4 bridgehead atoms. The molecule has 4 saturated carbocycles. The lowest BCUT2D eigenvalue weighted by molar-refractivity contribution is -0.384. The van der Waals surface area contributed by atoms with E-state index in [-0.39, 0.29) is 11.2 Å². The summed E-state index contributed by atoms with van der Waals surface area (Å²) in [6.45, 7) is 7.40. The number of nitrogens with zero attached hydrogens (tertiary/aromatic N) is 4. The minimum Gasteiger partial charge on any atom is -0.440 e. The highest BCUT2D eigenvalue weighted by molar-refractivity contribution is 5.62. The molecular weight excluding hydrogens is 454 g/mol. The van der Waals surface area contributed by atoms with Crippen molar-refractivity contribution in [2.75, 3.05) is 0 Å². The van der Waals surface area contributed by atoms with Crippen LogP contribution < -0.4 is 10.2 Å². The second kappa shape index (κ2) is 7.50. The Morgan fingerprint density at radius 1 is 1.11 bits per heavy atom. The smallest absolute Gasteiger partial charge is 0.269 e. The number of hydrogen-bond acceptors (Lipinski definition) is 5. The minimum absolute atomic E-state index is 0.00394. The van der Waals surface area contributed by atoms with Crippen LogP contribution in [0.5, 0.6) is 11.6 Å².